The van der Waals surface area contributed by atoms with Crippen molar-refractivity contribution >= 4 is 44.9 Å². The second-order valence-corrected chi connectivity index (χ2v) is 7.91. The van der Waals surface area contributed by atoms with Crippen LogP contribution in [0.5, 0.6) is 5.75 Å². The number of carbonyl (C=O) groups is 1. The summed E-state index contributed by atoms with van der Waals surface area (Å²) in [4.78, 5) is 23.2. The summed E-state index contributed by atoms with van der Waals surface area (Å²) >= 11 is 3.03. The number of anilines is 1. The van der Waals surface area contributed by atoms with Crippen molar-refractivity contribution in [2.45, 2.75) is 5.03 Å². The van der Waals surface area contributed by atoms with Gasteiger partial charge in [0.15, 0.2) is 0 Å². The average Bonchev–Trinajstić information content (AvgIpc) is 3.18. The number of benzene rings is 2. The van der Waals surface area contributed by atoms with E-state index in [1.807, 2.05) is 42.5 Å². The molecule has 5 nitrogen and oxygen atoms in total. The molecule has 140 valence electrons. The second-order valence-electron chi connectivity index (χ2n) is 5.91. The fraction of sp³-hybridized carbons (Fsp3) is 0.0952. The fourth-order valence-electron chi connectivity index (χ4n) is 2.76. The first-order chi connectivity index (χ1) is 13.7. The minimum Gasteiger partial charge on any atom is -0.495 e. The lowest BCUT2D eigenvalue weighted by molar-refractivity contribution is -0.113. The number of fused-ring (bicyclic) bond motifs is 1. The van der Waals surface area contributed by atoms with E-state index in [1.165, 1.54) is 11.8 Å². The molecule has 0 radical (unpaired) electrons. The molecule has 0 atom stereocenters. The van der Waals surface area contributed by atoms with E-state index in [-0.39, 0.29) is 11.7 Å². The lowest BCUT2D eigenvalue weighted by Gasteiger charge is -2.09. The third-order valence-corrected chi connectivity index (χ3v) is 6.17. The van der Waals surface area contributed by atoms with Gasteiger partial charge in [-0.05, 0) is 23.8 Å². The Kier molecular flexibility index (Phi) is 5.55. The molecule has 1 N–H and O–H groups in total. The van der Waals surface area contributed by atoms with Crippen LogP contribution in [0.15, 0.2) is 72.0 Å². The number of thioether (sulfide) groups is 1. The zero-order chi connectivity index (χ0) is 19.3. The fourth-order valence-corrected chi connectivity index (χ4v) is 4.60. The molecule has 1 amide bonds. The zero-order valence-electron chi connectivity index (χ0n) is 15.1. The van der Waals surface area contributed by atoms with Gasteiger partial charge in [-0.3, -0.25) is 4.79 Å². The van der Waals surface area contributed by atoms with Crippen molar-refractivity contribution in [1.29, 1.82) is 0 Å². The number of ether oxygens (including phenoxy) is 1. The summed E-state index contributed by atoms with van der Waals surface area (Å²) in [7, 11) is 1.58. The Balaban J connectivity index is 1.50. The molecule has 2 heterocycles. The maximum Gasteiger partial charge on any atom is 0.234 e. The molecule has 0 fully saturated rings. The number of hydrogen-bond acceptors (Lipinski definition) is 6. The molecular weight excluding hydrogens is 390 g/mol. The standard InChI is InChI=1S/C21H17N3O2S2/c1-26-17-10-6-5-9-16(17)24-19(25)12-27-20-15-11-18(14-7-3-2-4-8-14)28-21(15)23-13-22-20/h2-11,13H,12H2,1H3,(H,24,25). The minimum atomic E-state index is -0.111. The van der Waals surface area contributed by atoms with Crippen molar-refractivity contribution in [2.75, 3.05) is 18.2 Å². The highest BCUT2D eigenvalue weighted by atomic mass is 32.2. The number of nitrogens with zero attached hydrogens (tertiary/aromatic N) is 2. The SMILES string of the molecule is COc1ccccc1NC(=O)CSc1ncnc2sc(-c3ccccc3)cc12. The molecule has 4 aromatic rings. The first-order valence-electron chi connectivity index (χ1n) is 8.60. The summed E-state index contributed by atoms with van der Waals surface area (Å²) in [6, 6.07) is 19.6. The topological polar surface area (TPSA) is 64.1 Å². The number of thiophene rings is 1. The Morgan fingerprint density at radius 1 is 1.11 bits per heavy atom. The van der Waals surface area contributed by atoms with Gasteiger partial charge in [0.25, 0.3) is 0 Å². The number of rotatable bonds is 6. The predicted octanol–water partition coefficient (Wildman–Crippen LogP) is 5.10. The number of para-hydroxylation sites is 2. The Labute approximate surface area is 170 Å². The summed E-state index contributed by atoms with van der Waals surface area (Å²) in [6.07, 6.45) is 1.55. The first kappa shape index (κ1) is 18.5. The van der Waals surface area contributed by atoms with Crippen molar-refractivity contribution < 1.29 is 9.53 Å². The Hall–Kier alpha value is -2.90. The van der Waals surface area contributed by atoms with Crippen molar-refractivity contribution in [1.82, 2.24) is 9.97 Å². The molecule has 2 aromatic carbocycles. The molecule has 28 heavy (non-hydrogen) atoms. The maximum atomic E-state index is 12.4. The predicted molar refractivity (Wildman–Crippen MR) is 115 cm³/mol. The van der Waals surface area contributed by atoms with E-state index >= 15 is 0 Å². The molecule has 2 aromatic heterocycles. The van der Waals surface area contributed by atoms with E-state index in [0.29, 0.717) is 11.4 Å². The van der Waals surface area contributed by atoms with Gasteiger partial charge in [0, 0.05) is 10.3 Å². The largest absolute Gasteiger partial charge is 0.495 e. The van der Waals surface area contributed by atoms with Gasteiger partial charge in [-0.2, -0.15) is 0 Å². The molecule has 0 saturated heterocycles. The van der Waals surface area contributed by atoms with Crippen LogP contribution >= 0.6 is 23.1 Å². The van der Waals surface area contributed by atoms with Crippen molar-refractivity contribution in [3.63, 3.8) is 0 Å². The van der Waals surface area contributed by atoms with Crippen molar-refractivity contribution in [3.05, 3.63) is 67.0 Å². The third kappa shape index (κ3) is 4.00. The third-order valence-electron chi connectivity index (χ3n) is 4.07. The van der Waals surface area contributed by atoms with Crippen LogP contribution in [-0.4, -0.2) is 28.7 Å². The second kappa shape index (κ2) is 8.41. The highest BCUT2D eigenvalue weighted by molar-refractivity contribution is 8.00. The number of aromatic nitrogens is 2. The summed E-state index contributed by atoms with van der Waals surface area (Å²) in [5.41, 5.74) is 1.81. The molecule has 0 aliphatic heterocycles. The van der Waals surface area contributed by atoms with Gasteiger partial charge in [-0.25, -0.2) is 9.97 Å². The van der Waals surface area contributed by atoms with E-state index in [2.05, 4.69) is 33.5 Å². The van der Waals surface area contributed by atoms with Gasteiger partial charge in [-0.15, -0.1) is 11.3 Å². The summed E-state index contributed by atoms with van der Waals surface area (Å²) < 4.78 is 5.27. The van der Waals surface area contributed by atoms with Gasteiger partial charge < -0.3 is 10.1 Å². The molecule has 0 aliphatic carbocycles. The zero-order valence-corrected chi connectivity index (χ0v) is 16.7. The molecule has 0 aliphatic rings. The average molecular weight is 408 g/mol. The minimum absolute atomic E-state index is 0.111. The van der Waals surface area contributed by atoms with Gasteiger partial charge in [0.1, 0.15) is 21.9 Å². The quantitative estimate of drug-likeness (QED) is 0.356. The summed E-state index contributed by atoms with van der Waals surface area (Å²) in [5, 5.41) is 4.66. The lowest BCUT2D eigenvalue weighted by Crippen LogP contribution is -2.14. The van der Waals surface area contributed by atoms with Crippen LogP contribution in [0.25, 0.3) is 20.7 Å². The smallest absolute Gasteiger partial charge is 0.234 e. The molecule has 0 spiro atoms. The Morgan fingerprint density at radius 3 is 2.71 bits per heavy atom. The van der Waals surface area contributed by atoms with E-state index in [9.17, 15) is 4.79 Å². The lowest BCUT2D eigenvalue weighted by atomic mass is 10.2. The van der Waals surface area contributed by atoms with E-state index in [0.717, 1.165) is 25.7 Å². The van der Waals surface area contributed by atoms with E-state index in [4.69, 9.17) is 4.74 Å². The van der Waals surface area contributed by atoms with Crippen LogP contribution in [0, 0.1) is 0 Å². The highest BCUT2D eigenvalue weighted by Crippen LogP contribution is 2.36. The van der Waals surface area contributed by atoms with E-state index in [1.54, 1.807) is 24.8 Å². The van der Waals surface area contributed by atoms with Crippen LogP contribution in [0.3, 0.4) is 0 Å². The monoisotopic (exact) mass is 407 g/mol. The van der Waals surface area contributed by atoms with Crippen LogP contribution in [0.4, 0.5) is 5.69 Å². The van der Waals surface area contributed by atoms with Gasteiger partial charge in [-0.1, -0.05) is 54.2 Å². The Morgan fingerprint density at radius 2 is 1.89 bits per heavy atom. The molecule has 7 heteroatoms. The molecule has 0 bridgehead atoms. The van der Waals surface area contributed by atoms with Gasteiger partial charge >= 0.3 is 0 Å². The molecular formula is C21H17N3O2S2. The number of amides is 1. The summed E-state index contributed by atoms with van der Waals surface area (Å²) in [6.45, 7) is 0. The van der Waals surface area contributed by atoms with Crippen molar-refractivity contribution in [2.24, 2.45) is 0 Å². The Bertz CT molecular complexity index is 1110. The van der Waals surface area contributed by atoms with Crippen LogP contribution in [0.1, 0.15) is 0 Å². The van der Waals surface area contributed by atoms with Crippen LogP contribution in [-0.2, 0) is 4.79 Å². The van der Waals surface area contributed by atoms with Gasteiger partial charge in [0.2, 0.25) is 5.91 Å². The molecule has 4 rings (SSSR count). The van der Waals surface area contributed by atoms with E-state index < -0.39 is 0 Å². The number of methoxy groups -OCH3 is 1. The molecule has 0 saturated carbocycles. The summed E-state index contributed by atoms with van der Waals surface area (Å²) in [5.74, 6) is 0.774. The van der Waals surface area contributed by atoms with Gasteiger partial charge in [0.05, 0.1) is 18.6 Å². The number of hydrogen-bond donors (Lipinski definition) is 1. The highest BCUT2D eigenvalue weighted by Gasteiger charge is 2.13. The van der Waals surface area contributed by atoms with Crippen molar-refractivity contribution in [3.8, 4) is 16.2 Å². The van der Waals surface area contributed by atoms with Crippen LogP contribution in [0.2, 0.25) is 0 Å². The first-order valence-corrected chi connectivity index (χ1v) is 10.4. The molecule has 0 unspecified atom stereocenters. The maximum absolute atomic E-state index is 12.4. The number of nitrogens with one attached hydrogen (secondary N) is 1. The number of carbonyl (C=O) groups excluding carboxylic acids is 1. The normalized spacial score (nSPS) is 10.8. The van der Waals surface area contributed by atoms with Crippen LogP contribution < -0.4 is 10.1 Å².